The van der Waals surface area contributed by atoms with Gasteiger partial charge in [0.05, 0.1) is 14.2 Å². The van der Waals surface area contributed by atoms with Gasteiger partial charge in [-0.2, -0.15) is 0 Å². The molecule has 1 aromatic carbocycles. The van der Waals surface area contributed by atoms with Crippen LogP contribution in [-0.2, 0) is 4.74 Å². The summed E-state index contributed by atoms with van der Waals surface area (Å²) in [7, 11) is 3.22. The minimum absolute atomic E-state index is 0.157. The Hall–Kier alpha value is -2.75. The zero-order chi connectivity index (χ0) is 18.8. The molecule has 0 atom stereocenters. The molecule has 0 unspecified atom stereocenters. The van der Waals surface area contributed by atoms with Crippen molar-refractivity contribution >= 4 is 12.7 Å². The monoisotopic (exact) mass is 341 g/mol. The van der Waals surface area contributed by atoms with Gasteiger partial charge in [0.2, 0.25) is 0 Å². The van der Waals surface area contributed by atoms with Gasteiger partial charge in [-0.25, -0.2) is 0 Å². The van der Waals surface area contributed by atoms with Crippen molar-refractivity contribution in [3.05, 3.63) is 69.2 Å². The number of hydrogen-bond donors (Lipinski definition) is 0. The Morgan fingerprint density at radius 2 is 1.80 bits per heavy atom. The van der Waals surface area contributed by atoms with Crippen molar-refractivity contribution in [2.75, 3.05) is 14.2 Å². The summed E-state index contributed by atoms with van der Waals surface area (Å²) < 4.78 is 12.0. The second-order valence-corrected chi connectivity index (χ2v) is 4.99. The SMILES string of the molecule is C=c1c(=O)n(-c2ccc(OC)cc2)cc/c1=C/C(=C\CC)OC.CC. The van der Waals surface area contributed by atoms with E-state index < -0.39 is 0 Å². The van der Waals surface area contributed by atoms with E-state index in [1.165, 1.54) is 0 Å². The molecule has 2 aromatic rings. The Kier molecular flexibility index (Phi) is 8.27. The fourth-order valence-electron chi connectivity index (χ4n) is 2.23. The van der Waals surface area contributed by atoms with Gasteiger partial charge in [0.25, 0.3) is 5.56 Å². The van der Waals surface area contributed by atoms with E-state index in [2.05, 4.69) is 6.58 Å². The molecule has 0 aliphatic rings. The average molecular weight is 341 g/mol. The molecule has 0 aliphatic heterocycles. The van der Waals surface area contributed by atoms with Gasteiger partial charge >= 0.3 is 0 Å². The van der Waals surface area contributed by atoms with Crippen molar-refractivity contribution in [2.45, 2.75) is 27.2 Å². The number of pyridine rings is 1. The number of hydrogen-bond acceptors (Lipinski definition) is 3. The Morgan fingerprint density at radius 1 is 1.16 bits per heavy atom. The van der Waals surface area contributed by atoms with Crippen molar-refractivity contribution in [1.82, 2.24) is 4.57 Å². The quantitative estimate of drug-likeness (QED) is 0.785. The van der Waals surface area contributed by atoms with Crippen LogP contribution in [0.3, 0.4) is 0 Å². The molecule has 4 nitrogen and oxygen atoms in total. The zero-order valence-electron chi connectivity index (χ0n) is 15.7. The maximum atomic E-state index is 12.6. The van der Waals surface area contributed by atoms with Gasteiger partial charge in [0.1, 0.15) is 11.5 Å². The predicted molar refractivity (Wildman–Crippen MR) is 105 cm³/mol. The van der Waals surface area contributed by atoms with Crippen LogP contribution in [0.4, 0.5) is 0 Å². The van der Waals surface area contributed by atoms with E-state index in [9.17, 15) is 4.79 Å². The molecule has 25 heavy (non-hydrogen) atoms. The smallest absolute Gasteiger partial charge is 0.262 e. The van der Waals surface area contributed by atoms with E-state index in [4.69, 9.17) is 9.47 Å². The van der Waals surface area contributed by atoms with Crippen LogP contribution in [0.1, 0.15) is 27.2 Å². The van der Waals surface area contributed by atoms with Crippen LogP contribution >= 0.6 is 0 Å². The number of rotatable bonds is 5. The summed E-state index contributed by atoms with van der Waals surface area (Å²) in [6.45, 7) is 9.94. The molecule has 0 radical (unpaired) electrons. The van der Waals surface area contributed by atoms with E-state index in [0.29, 0.717) is 5.22 Å². The highest BCUT2D eigenvalue weighted by Crippen LogP contribution is 2.12. The second-order valence-electron chi connectivity index (χ2n) is 4.99. The number of benzene rings is 1. The topological polar surface area (TPSA) is 40.5 Å². The van der Waals surface area contributed by atoms with Crippen molar-refractivity contribution < 1.29 is 9.47 Å². The summed E-state index contributed by atoms with van der Waals surface area (Å²) in [6.07, 6.45) is 6.37. The fourth-order valence-corrected chi connectivity index (χ4v) is 2.23. The third kappa shape index (κ3) is 5.11. The number of methoxy groups -OCH3 is 2. The van der Waals surface area contributed by atoms with Gasteiger partial charge in [-0.15, -0.1) is 0 Å². The number of aromatic nitrogens is 1. The van der Waals surface area contributed by atoms with Crippen LogP contribution in [0.15, 0.2) is 53.2 Å². The van der Waals surface area contributed by atoms with Crippen LogP contribution < -0.4 is 20.7 Å². The van der Waals surface area contributed by atoms with Gasteiger partial charge in [-0.1, -0.05) is 27.4 Å². The molecule has 2 rings (SSSR count). The Morgan fingerprint density at radius 3 is 2.32 bits per heavy atom. The van der Waals surface area contributed by atoms with E-state index in [1.54, 1.807) is 25.0 Å². The first kappa shape index (κ1) is 20.3. The van der Waals surface area contributed by atoms with Gasteiger partial charge < -0.3 is 9.47 Å². The van der Waals surface area contributed by atoms with Crippen LogP contribution in [0.2, 0.25) is 0 Å². The highest BCUT2D eigenvalue weighted by atomic mass is 16.5. The number of ether oxygens (including phenoxy) is 2. The lowest BCUT2D eigenvalue weighted by molar-refractivity contribution is 0.312. The number of nitrogens with zero attached hydrogens (tertiary/aromatic N) is 1. The standard InChI is InChI=1S/C19H21NO3.C2H6/c1-5-6-18(23-4)13-15-11-12-20(19(21)14(15)2)16-7-9-17(22-3)10-8-16;1-2/h6-13H,2,5H2,1,3-4H3;1-2H3/b15-13-,18-6+;. The molecule has 1 heterocycles. The molecule has 0 bridgehead atoms. The van der Waals surface area contributed by atoms with Crippen LogP contribution in [0, 0.1) is 0 Å². The zero-order valence-corrected chi connectivity index (χ0v) is 15.7. The molecule has 0 saturated heterocycles. The molecule has 0 spiro atoms. The molecule has 0 N–H and O–H groups in total. The molecular formula is C21H27NO3. The largest absolute Gasteiger partial charge is 0.497 e. The Bertz CT molecular complexity index is 861. The minimum atomic E-state index is -0.157. The average Bonchev–Trinajstić information content (AvgIpc) is 2.67. The highest BCUT2D eigenvalue weighted by molar-refractivity contribution is 5.44. The molecule has 4 heteroatoms. The van der Waals surface area contributed by atoms with Crippen LogP contribution in [0.5, 0.6) is 5.75 Å². The third-order valence-electron chi connectivity index (χ3n) is 3.52. The summed E-state index contributed by atoms with van der Waals surface area (Å²) in [5.41, 5.74) is 0.610. The van der Waals surface area contributed by atoms with Crippen LogP contribution in [0.25, 0.3) is 18.3 Å². The summed E-state index contributed by atoms with van der Waals surface area (Å²) in [5.74, 6) is 1.47. The highest BCUT2D eigenvalue weighted by Gasteiger charge is 2.02. The number of allylic oxidation sites excluding steroid dienone is 2. The fraction of sp³-hybridized carbons (Fsp3) is 0.286. The van der Waals surface area contributed by atoms with Crippen molar-refractivity contribution in [3.8, 4) is 11.4 Å². The first-order valence-electron chi connectivity index (χ1n) is 8.41. The molecule has 1 aromatic heterocycles. The molecule has 0 amide bonds. The first-order chi connectivity index (χ1) is 12.1. The summed E-state index contributed by atoms with van der Waals surface area (Å²) >= 11 is 0. The minimum Gasteiger partial charge on any atom is -0.497 e. The first-order valence-corrected chi connectivity index (χ1v) is 8.41. The molecule has 0 aliphatic carbocycles. The second kappa shape index (κ2) is 10.2. The van der Waals surface area contributed by atoms with E-state index in [0.717, 1.165) is 28.8 Å². The van der Waals surface area contributed by atoms with Crippen molar-refractivity contribution in [1.29, 1.82) is 0 Å². The van der Waals surface area contributed by atoms with Gasteiger partial charge in [-0.3, -0.25) is 9.36 Å². The predicted octanol–water partition coefficient (Wildman–Crippen LogP) is 3.00. The van der Waals surface area contributed by atoms with Gasteiger partial charge in [0.15, 0.2) is 0 Å². The lowest BCUT2D eigenvalue weighted by Gasteiger charge is -2.07. The summed E-state index contributed by atoms with van der Waals surface area (Å²) in [5, 5.41) is 1.18. The van der Waals surface area contributed by atoms with Crippen LogP contribution in [-0.4, -0.2) is 18.8 Å². The summed E-state index contributed by atoms with van der Waals surface area (Å²) in [6, 6.07) is 9.16. The van der Waals surface area contributed by atoms with Crippen molar-refractivity contribution in [3.63, 3.8) is 0 Å². The van der Waals surface area contributed by atoms with E-state index in [1.807, 2.05) is 63.3 Å². The maximum absolute atomic E-state index is 12.6. The molecular weight excluding hydrogens is 314 g/mol. The summed E-state index contributed by atoms with van der Waals surface area (Å²) in [4.78, 5) is 12.6. The third-order valence-corrected chi connectivity index (χ3v) is 3.52. The molecule has 134 valence electrons. The maximum Gasteiger partial charge on any atom is 0.262 e. The lowest BCUT2D eigenvalue weighted by atomic mass is 10.2. The molecule has 0 fully saturated rings. The normalized spacial score (nSPS) is 11.6. The van der Waals surface area contributed by atoms with E-state index >= 15 is 0 Å². The van der Waals surface area contributed by atoms with Gasteiger partial charge in [-0.05, 0) is 54.1 Å². The van der Waals surface area contributed by atoms with Crippen molar-refractivity contribution in [2.24, 2.45) is 0 Å². The Labute approximate surface area is 149 Å². The lowest BCUT2D eigenvalue weighted by Crippen LogP contribution is -2.42. The molecule has 0 saturated carbocycles. The van der Waals surface area contributed by atoms with Gasteiger partial charge in [0, 0.05) is 17.1 Å². The Balaban J connectivity index is 0.00000151. The van der Waals surface area contributed by atoms with E-state index in [-0.39, 0.29) is 5.56 Å².